The van der Waals surface area contributed by atoms with E-state index >= 15 is 0 Å². The van der Waals surface area contributed by atoms with Gasteiger partial charge in [0.1, 0.15) is 0 Å². The SMILES string of the molecule is CC(=O)Nc1cc2c(cc1-c1ccccc1)-c1cc(-c3ccccc3)c(NC(C)=O)cc1C2. The Bertz CT molecular complexity index is 1270. The van der Waals surface area contributed by atoms with Gasteiger partial charge in [-0.05, 0) is 64.1 Å². The van der Waals surface area contributed by atoms with E-state index in [1.807, 2.05) is 36.4 Å². The molecule has 0 unspecified atom stereocenters. The summed E-state index contributed by atoms with van der Waals surface area (Å²) in [5.41, 5.74) is 10.3. The maximum Gasteiger partial charge on any atom is 0.221 e. The van der Waals surface area contributed by atoms with Gasteiger partial charge < -0.3 is 10.6 Å². The minimum Gasteiger partial charge on any atom is -0.326 e. The molecular formula is C29H24N2O2. The lowest BCUT2D eigenvalue weighted by Crippen LogP contribution is -2.07. The first kappa shape index (κ1) is 20.7. The van der Waals surface area contributed by atoms with Gasteiger partial charge in [0.25, 0.3) is 0 Å². The molecule has 0 aliphatic heterocycles. The molecule has 0 radical (unpaired) electrons. The van der Waals surface area contributed by atoms with Crippen molar-refractivity contribution in [1.82, 2.24) is 0 Å². The molecule has 1 aliphatic rings. The average Bonchev–Trinajstić information content (AvgIpc) is 3.14. The molecule has 0 bridgehead atoms. The molecule has 162 valence electrons. The summed E-state index contributed by atoms with van der Waals surface area (Å²) in [5, 5.41) is 6.01. The van der Waals surface area contributed by atoms with Gasteiger partial charge in [-0.3, -0.25) is 9.59 Å². The highest BCUT2D eigenvalue weighted by Crippen LogP contribution is 2.45. The molecule has 0 heterocycles. The van der Waals surface area contributed by atoms with Crippen molar-refractivity contribution in [2.45, 2.75) is 20.3 Å². The zero-order valence-electron chi connectivity index (χ0n) is 18.6. The van der Waals surface area contributed by atoms with Gasteiger partial charge in [-0.15, -0.1) is 0 Å². The topological polar surface area (TPSA) is 58.2 Å². The second kappa shape index (κ2) is 8.40. The van der Waals surface area contributed by atoms with Crippen molar-refractivity contribution in [3.63, 3.8) is 0 Å². The summed E-state index contributed by atoms with van der Waals surface area (Å²) >= 11 is 0. The summed E-state index contributed by atoms with van der Waals surface area (Å²) in [7, 11) is 0. The molecule has 0 saturated heterocycles. The van der Waals surface area contributed by atoms with E-state index in [1.54, 1.807) is 0 Å². The predicted molar refractivity (Wildman–Crippen MR) is 134 cm³/mol. The second-order valence-corrected chi connectivity index (χ2v) is 8.38. The fourth-order valence-electron chi connectivity index (χ4n) is 4.59. The maximum atomic E-state index is 11.9. The van der Waals surface area contributed by atoms with E-state index in [9.17, 15) is 9.59 Å². The van der Waals surface area contributed by atoms with Crippen molar-refractivity contribution in [2.24, 2.45) is 0 Å². The van der Waals surface area contributed by atoms with Crippen molar-refractivity contribution in [2.75, 3.05) is 10.6 Å². The van der Waals surface area contributed by atoms with E-state index in [2.05, 4.69) is 59.2 Å². The molecule has 2 amide bonds. The lowest BCUT2D eigenvalue weighted by molar-refractivity contribution is -0.115. The number of carbonyl (C=O) groups is 2. The van der Waals surface area contributed by atoms with Crippen molar-refractivity contribution >= 4 is 23.2 Å². The third-order valence-corrected chi connectivity index (χ3v) is 5.95. The summed E-state index contributed by atoms with van der Waals surface area (Å²) in [5.74, 6) is -0.191. The van der Waals surface area contributed by atoms with Crippen LogP contribution in [0.2, 0.25) is 0 Å². The Kier molecular flexibility index (Phi) is 5.27. The third-order valence-electron chi connectivity index (χ3n) is 5.95. The van der Waals surface area contributed by atoms with Gasteiger partial charge in [-0.1, -0.05) is 60.7 Å². The molecule has 4 nitrogen and oxygen atoms in total. The van der Waals surface area contributed by atoms with Gasteiger partial charge in [0.15, 0.2) is 0 Å². The Morgan fingerprint density at radius 2 is 0.970 bits per heavy atom. The van der Waals surface area contributed by atoms with Crippen molar-refractivity contribution < 1.29 is 9.59 Å². The summed E-state index contributed by atoms with van der Waals surface area (Å²) in [4.78, 5) is 23.8. The molecule has 5 rings (SSSR count). The molecule has 4 aromatic carbocycles. The van der Waals surface area contributed by atoms with Crippen LogP contribution in [-0.4, -0.2) is 11.8 Å². The molecule has 1 aliphatic carbocycles. The van der Waals surface area contributed by atoms with Crippen LogP contribution in [-0.2, 0) is 16.0 Å². The van der Waals surface area contributed by atoms with Crippen LogP contribution in [0.4, 0.5) is 11.4 Å². The fraction of sp³-hybridized carbons (Fsp3) is 0.103. The zero-order valence-corrected chi connectivity index (χ0v) is 18.6. The Labute approximate surface area is 193 Å². The number of amides is 2. The van der Waals surface area contributed by atoms with Crippen LogP contribution in [0.5, 0.6) is 0 Å². The van der Waals surface area contributed by atoms with Crippen LogP contribution in [0.15, 0.2) is 84.9 Å². The van der Waals surface area contributed by atoms with E-state index in [0.29, 0.717) is 0 Å². The summed E-state index contributed by atoms with van der Waals surface area (Å²) in [6.45, 7) is 3.06. The molecule has 4 heteroatoms. The lowest BCUT2D eigenvalue weighted by Gasteiger charge is -2.15. The highest BCUT2D eigenvalue weighted by atomic mass is 16.2. The zero-order chi connectivity index (χ0) is 22.9. The van der Waals surface area contributed by atoms with Gasteiger partial charge >= 0.3 is 0 Å². The average molecular weight is 433 g/mol. The Morgan fingerprint density at radius 3 is 1.33 bits per heavy atom. The summed E-state index contributed by atoms with van der Waals surface area (Å²) < 4.78 is 0. The number of carbonyl (C=O) groups excluding carboxylic acids is 2. The minimum absolute atomic E-state index is 0.0954. The normalized spacial score (nSPS) is 11.5. The van der Waals surface area contributed by atoms with Gasteiger partial charge in [-0.2, -0.15) is 0 Å². The van der Waals surface area contributed by atoms with Crippen molar-refractivity contribution in [3.8, 4) is 33.4 Å². The second-order valence-electron chi connectivity index (χ2n) is 8.38. The molecule has 0 saturated carbocycles. The number of anilines is 2. The Hall–Kier alpha value is -4.18. The number of fused-ring (bicyclic) bond motifs is 3. The monoisotopic (exact) mass is 432 g/mol. The Morgan fingerprint density at radius 1 is 0.576 bits per heavy atom. The number of nitrogens with one attached hydrogen (secondary N) is 2. The first-order chi connectivity index (χ1) is 16.0. The molecule has 0 aromatic heterocycles. The van der Waals surface area contributed by atoms with Crippen LogP contribution >= 0.6 is 0 Å². The summed E-state index contributed by atoms with van der Waals surface area (Å²) in [6, 6.07) is 28.7. The van der Waals surface area contributed by atoms with Crippen LogP contribution in [0.1, 0.15) is 25.0 Å². The van der Waals surface area contributed by atoms with Crippen LogP contribution in [0.25, 0.3) is 33.4 Å². The molecule has 0 fully saturated rings. The van der Waals surface area contributed by atoms with E-state index in [1.165, 1.54) is 13.8 Å². The maximum absolute atomic E-state index is 11.9. The highest BCUT2D eigenvalue weighted by molar-refractivity contribution is 5.99. The minimum atomic E-state index is -0.0954. The number of benzene rings is 4. The van der Waals surface area contributed by atoms with Crippen LogP contribution in [0, 0.1) is 0 Å². The molecule has 4 aromatic rings. The van der Waals surface area contributed by atoms with Gasteiger partial charge in [-0.25, -0.2) is 0 Å². The Balaban J connectivity index is 1.70. The molecule has 2 N–H and O–H groups in total. The van der Waals surface area contributed by atoms with E-state index in [4.69, 9.17) is 0 Å². The molecule has 0 spiro atoms. The first-order valence-electron chi connectivity index (χ1n) is 11.0. The van der Waals surface area contributed by atoms with Crippen molar-refractivity contribution in [1.29, 1.82) is 0 Å². The number of hydrogen-bond acceptors (Lipinski definition) is 2. The molecular weight excluding hydrogens is 408 g/mol. The van der Waals surface area contributed by atoms with Crippen molar-refractivity contribution in [3.05, 3.63) is 96.1 Å². The largest absolute Gasteiger partial charge is 0.326 e. The third kappa shape index (κ3) is 4.03. The molecule has 0 atom stereocenters. The van der Waals surface area contributed by atoms with Gasteiger partial charge in [0, 0.05) is 36.3 Å². The summed E-state index contributed by atoms with van der Waals surface area (Å²) in [6.07, 6.45) is 0.744. The fourth-order valence-corrected chi connectivity index (χ4v) is 4.59. The molecule has 33 heavy (non-hydrogen) atoms. The van der Waals surface area contributed by atoms with Crippen LogP contribution in [0.3, 0.4) is 0 Å². The van der Waals surface area contributed by atoms with Crippen LogP contribution < -0.4 is 10.6 Å². The number of hydrogen-bond donors (Lipinski definition) is 2. The van der Waals surface area contributed by atoms with E-state index in [-0.39, 0.29) is 11.8 Å². The van der Waals surface area contributed by atoms with Gasteiger partial charge in [0.2, 0.25) is 11.8 Å². The lowest BCUT2D eigenvalue weighted by atomic mass is 9.94. The quantitative estimate of drug-likeness (QED) is 0.340. The van der Waals surface area contributed by atoms with E-state index < -0.39 is 0 Å². The smallest absolute Gasteiger partial charge is 0.221 e. The number of rotatable bonds is 4. The highest BCUT2D eigenvalue weighted by Gasteiger charge is 2.24. The van der Waals surface area contributed by atoms with E-state index in [0.717, 1.165) is 62.3 Å². The standard InChI is InChI=1S/C29H24N2O2/c1-18(32)30-28-14-22-13-23-15-29(31-19(2)33)27(21-11-7-4-8-12-21)17-25(23)24(22)16-26(28)20-9-5-3-6-10-20/h3-12,14-17H,13H2,1-2H3,(H,30,32)(H,31,33). The predicted octanol–water partition coefficient (Wildman–Crippen LogP) is 6.51. The van der Waals surface area contributed by atoms with Gasteiger partial charge in [0.05, 0.1) is 0 Å². The first-order valence-corrected chi connectivity index (χ1v) is 11.0.